The van der Waals surface area contributed by atoms with E-state index in [0.717, 1.165) is 83.5 Å². The molecule has 400 valence electrons. The first-order chi connectivity index (χ1) is 34.5. The van der Waals surface area contributed by atoms with Crippen LogP contribution in [0.25, 0.3) is 0 Å². The number of unbranched alkanes of at least 4 members (excludes halogenated alkanes) is 31. The Morgan fingerprint density at radius 3 is 0.929 bits per heavy atom. The van der Waals surface area contributed by atoms with Gasteiger partial charge in [0.05, 0.1) is 0 Å². The Morgan fingerprint density at radius 1 is 0.300 bits per heavy atom. The van der Waals surface area contributed by atoms with Gasteiger partial charge in [-0.15, -0.1) is 0 Å². The van der Waals surface area contributed by atoms with Crippen molar-refractivity contribution in [2.75, 3.05) is 13.2 Å². The number of allylic oxidation sites excluding steroid dienone is 16. The van der Waals surface area contributed by atoms with Gasteiger partial charge >= 0.3 is 17.9 Å². The highest BCUT2D eigenvalue weighted by molar-refractivity contribution is 5.71. The van der Waals surface area contributed by atoms with Crippen LogP contribution in [0.1, 0.15) is 271 Å². The van der Waals surface area contributed by atoms with Gasteiger partial charge in [0.25, 0.3) is 0 Å². The van der Waals surface area contributed by atoms with Crippen molar-refractivity contribution in [2.24, 2.45) is 0 Å². The lowest BCUT2D eigenvalue weighted by Gasteiger charge is -2.18. The number of rotatable bonds is 52. The summed E-state index contributed by atoms with van der Waals surface area (Å²) in [6, 6.07) is 0. The van der Waals surface area contributed by atoms with Gasteiger partial charge in [-0.25, -0.2) is 0 Å². The third-order valence-corrected chi connectivity index (χ3v) is 12.5. The van der Waals surface area contributed by atoms with Gasteiger partial charge in [-0.1, -0.05) is 285 Å². The van der Waals surface area contributed by atoms with E-state index in [4.69, 9.17) is 14.2 Å². The van der Waals surface area contributed by atoms with E-state index < -0.39 is 6.10 Å². The molecule has 0 aromatic heterocycles. The summed E-state index contributed by atoms with van der Waals surface area (Å²) in [6.45, 7) is 6.46. The summed E-state index contributed by atoms with van der Waals surface area (Å²) >= 11 is 0. The van der Waals surface area contributed by atoms with Crippen LogP contribution in [0.4, 0.5) is 0 Å². The average molecular weight is 974 g/mol. The molecular weight excluding hydrogens is 865 g/mol. The van der Waals surface area contributed by atoms with E-state index in [1.165, 1.54) is 148 Å². The lowest BCUT2D eigenvalue weighted by Crippen LogP contribution is -2.30. The third kappa shape index (κ3) is 55.3. The standard InChI is InChI=1S/C64H108O6/c1-4-7-10-13-16-19-22-25-28-30-32-34-36-39-42-45-48-51-54-57-63(66)69-60-61(59-68-62(65)56-53-50-47-44-41-38-27-24-21-18-15-12-9-6-3)70-64(67)58-55-52-49-46-43-40-37-35-33-31-29-26-23-20-17-14-11-8-5-2/h7,10,13,16,19,22,25,28,30,32,34,36,38-39,41-42,61H,4-6,8-9,11-12,14-15,17-18,20-21,23-24,26-27,29,31,33,35,37,40,43-60H2,1-3H3/b10-7-,16-13-,22-19-,28-25-,32-30+,36-34-,41-38-,42-39-. The Balaban J connectivity index is 4.47. The first-order valence-electron chi connectivity index (χ1n) is 29.3. The van der Waals surface area contributed by atoms with Crippen molar-refractivity contribution >= 4 is 17.9 Å². The van der Waals surface area contributed by atoms with Crippen molar-refractivity contribution in [3.05, 3.63) is 97.2 Å². The zero-order valence-corrected chi connectivity index (χ0v) is 45.8. The Kier molecular flexibility index (Phi) is 54.9. The van der Waals surface area contributed by atoms with E-state index in [0.29, 0.717) is 19.3 Å². The summed E-state index contributed by atoms with van der Waals surface area (Å²) in [5, 5.41) is 0. The zero-order chi connectivity index (χ0) is 50.7. The summed E-state index contributed by atoms with van der Waals surface area (Å²) in [5.41, 5.74) is 0. The Morgan fingerprint density at radius 2 is 0.571 bits per heavy atom. The normalized spacial score (nSPS) is 12.8. The highest BCUT2D eigenvalue weighted by atomic mass is 16.6. The van der Waals surface area contributed by atoms with E-state index in [9.17, 15) is 14.4 Å². The van der Waals surface area contributed by atoms with Crippen molar-refractivity contribution in [3.63, 3.8) is 0 Å². The molecule has 6 heteroatoms. The van der Waals surface area contributed by atoms with Gasteiger partial charge in [0.2, 0.25) is 0 Å². The molecule has 70 heavy (non-hydrogen) atoms. The van der Waals surface area contributed by atoms with Crippen LogP contribution in [-0.2, 0) is 28.6 Å². The summed E-state index contributed by atoms with van der Waals surface area (Å²) < 4.78 is 16.8. The van der Waals surface area contributed by atoms with Crippen molar-refractivity contribution in [2.45, 2.75) is 277 Å². The molecule has 0 fully saturated rings. The molecule has 0 amide bonds. The van der Waals surface area contributed by atoms with E-state index in [1.807, 2.05) is 72.9 Å². The van der Waals surface area contributed by atoms with Gasteiger partial charge in [-0.3, -0.25) is 14.4 Å². The second-order valence-corrected chi connectivity index (χ2v) is 19.4. The van der Waals surface area contributed by atoms with E-state index in [2.05, 4.69) is 45.1 Å². The van der Waals surface area contributed by atoms with Crippen molar-refractivity contribution in [1.82, 2.24) is 0 Å². The Bertz CT molecular complexity index is 1400. The molecule has 0 aromatic rings. The Labute approximate surface area is 432 Å². The van der Waals surface area contributed by atoms with E-state index in [-0.39, 0.29) is 31.1 Å². The van der Waals surface area contributed by atoms with Crippen molar-refractivity contribution in [1.29, 1.82) is 0 Å². The monoisotopic (exact) mass is 973 g/mol. The van der Waals surface area contributed by atoms with Gasteiger partial charge in [0.15, 0.2) is 6.10 Å². The molecule has 0 saturated heterocycles. The lowest BCUT2D eigenvalue weighted by molar-refractivity contribution is -0.167. The average Bonchev–Trinajstić information content (AvgIpc) is 3.36. The minimum atomic E-state index is -0.802. The van der Waals surface area contributed by atoms with Gasteiger partial charge in [-0.05, 0) is 64.2 Å². The smallest absolute Gasteiger partial charge is 0.306 e. The summed E-state index contributed by atoms with van der Waals surface area (Å²) in [7, 11) is 0. The molecule has 1 unspecified atom stereocenters. The van der Waals surface area contributed by atoms with Crippen LogP contribution in [-0.4, -0.2) is 37.2 Å². The molecular formula is C64H108O6. The number of hydrogen-bond donors (Lipinski definition) is 0. The molecule has 0 saturated carbocycles. The molecule has 0 radical (unpaired) electrons. The number of ether oxygens (including phenoxy) is 3. The zero-order valence-electron chi connectivity index (χ0n) is 45.8. The molecule has 0 rings (SSSR count). The summed E-state index contributed by atoms with van der Waals surface area (Å²) in [4.78, 5) is 38.2. The molecule has 0 bridgehead atoms. The molecule has 0 N–H and O–H groups in total. The van der Waals surface area contributed by atoms with Crippen LogP contribution in [0.5, 0.6) is 0 Å². The van der Waals surface area contributed by atoms with Gasteiger partial charge in [-0.2, -0.15) is 0 Å². The fourth-order valence-corrected chi connectivity index (χ4v) is 8.13. The van der Waals surface area contributed by atoms with Crippen LogP contribution in [0.15, 0.2) is 97.2 Å². The topological polar surface area (TPSA) is 78.9 Å². The molecule has 0 aliphatic heterocycles. The predicted octanol–water partition coefficient (Wildman–Crippen LogP) is 19.7. The predicted molar refractivity (Wildman–Crippen MR) is 302 cm³/mol. The molecule has 0 heterocycles. The SMILES string of the molecule is CC\C=C/C=C\C=C/C=C\C=C\C=C/C=C\CCCCCC(=O)OCC(COC(=O)CCCCC/C=C\CCCCCCCCC)OC(=O)CCCCCCCCCCCCCCCCCCCCC. The molecule has 0 aliphatic rings. The van der Waals surface area contributed by atoms with Crippen LogP contribution in [0.2, 0.25) is 0 Å². The van der Waals surface area contributed by atoms with E-state index >= 15 is 0 Å². The quantitative estimate of drug-likeness (QED) is 0.0199. The van der Waals surface area contributed by atoms with E-state index in [1.54, 1.807) is 0 Å². The van der Waals surface area contributed by atoms with Crippen molar-refractivity contribution < 1.29 is 28.6 Å². The van der Waals surface area contributed by atoms with Crippen LogP contribution >= 0.6 is 0 Å². The summed E-state index contributed by atoms with van der Waals surface area (Å²) in [6.07, 6.45) is 76.8. The van der Waals surface area contributed by atoms with Gasteiger partial charge < -0.3 is 14.2 Å². The van der Waals surface area contributed by atoms with Crippen molar-refractivity contribution in [3.8, 4) is 0 Å². The van der Waals surface area contributed by atoms with Gasteiger partial charge in [0, 0.05) is 19.3 Å². The highest BCUT2D eigenvalue weighted by Gasteiger charge is 2.19. The fourth-order valence-electron chi connectivity index (χ4n) is 8.13. The minimum absolute atomic E-state index is 0.0990. The number of hydrogen-bond acceptors (Lipinski definition) is 6. The minimum Gasteiger partial charge on any atom is -0.462 e. The maximum atomic E-state index is 12.9. The molecule has 1 atom stereocenters. The summed E-state index contributed by atoms with van der Waals surface area (Å²) in [5.74, 6) is -0.952. The second-order valence-electron chi connectivity index (χ2n) is 19.4. The second kappa shape index (κ2) is 57.9. The lowest BCUT2D eigenvalue weighted by atomic mass is 10.0. The molecule has 0 aliphatic carbocycles. The first kappa shape index (κ1) is 66.3. The van der Waals surface area contributed by atoms with Crippen LogP contribution in [0, 0.1) is 0 Å². The highest BCUT2D eigenvalue weighted by Crippen LogP contribution is 2.16. The maximum Gasteiger partial charge on any atom is 0.306 e. The Hall–Kier alpha value is -3.67. The number of esters is 3. The maximum absolute atomic E-state index is 12.9. The number of carbonyl (C=O) groups is 3. The molecule has 0 spiro atoms. The number of carbonyl (C=O) groups excluding carboxylic acids is 3. The van der Waals surface area contributed by atoms with Crippen LogP contribution < -0.4 is 0 Å². The molecule has 6 nitrogen and oxygen atoms in total. The van der Waals surface area contributed by atoms with Gasteiger partial charge in [0.1, 0.15) is 13.2 Å². The van der Waals surface area contributed by atoms with Crippen LogP contribution in [0.3, 0.4) is 0 Å². The molecule has 0 aromatic carbocycles. The largest absolute Gasteiger partial charge is 0.462 e. The third-order valence-electron chi connectivity index (χ3n) is 12.5. The fraction of sp³-hybridized carbons (Fsp3) is 0.703. The first-order valence-corrected chi connectivity index (χ1v) is 29.3.